The Morgan fingerprint density at radius 3 is 2.42 bits per heavy atom. The lowest BCUT2D eigenvalue weighted by Gasteiger charge is -2.31. The first-order chi connectivity index (χ1) is 8.81. The average molecular weight is 261 g/mol. The molecule has 0 saturated heterocycles. The predicted molar refractivity (Wildman–Crippen MR) is 70.9 cm³/mol. The SMILES string of the molecule is CC/C(C#C[C@@](O)(C(C)C)C1(C#N)CC1)=C/C(=O)O. The highest BCUT2D eigenvalue weighted by Crippen LogP contribution is 2.56. The molecule has 19 heavy (non-hydrogen) atoms. The number of allylic oxidation sites excluding steroid dienone is 1. The molecule has 4 heteroatoms. The first-order valence-corrected chi connectivity index (χ1v) is 6.41. The summed E-state index contributed by atoms with van der Waals surface area (Å²) in [5.41, 5.74) is -1.73. The molecule has 0 amide bonds. The monoisotopic (exact) mass is 261 g/mol. The van der Waals surface area contributed by atoms with E-state index in [0.29, 0.717) is 24.8 Å². The third-order valence-corrected chi connectivity index (χ3v) is 3.62. The van der Waals surface area contributed by atoms with Gasteiger partial charge in [0.05, 0.1) is 11.5 Å². The highest BCUT2D eigenvalue weighted by Gasteiger charge is 2.60. The summed E-state index contributed by atoms with van der Waals surface area (Å²) in [6.07, 6.45) is 2.79. The van der Waals surface area contributed by atoms with Crippen LogP contribution in [0, 0.1) is 34.5 Å². The maximum absolute atomic E-state index is 10.7. The van der Waals surface area contributed by atoms with Gasteiger partial charge in [0.1, 0.15) is 5.60 Å². The summed E-state index contributed by atoms with van der Waals surface area (Å²) in [7, 11) is 0. The normalized spacial score (nSPS) is 19.9. The molecule has 1 aliphatic carbocycles. The molecule has 0 heterocycles. The first-order valence-electron chi connectivity index (χ1n) is 6.41. The number of rotatable bonds is 4. The molecule has 0 aliphatic heterocycles. The second-order valence-electron chi connectivity index (χ2n) is 5.23. The fraction of sp³-hybridized carbons (Fsp3) is 0.600. The lowest BCUT2D eigenvalue weighted by molar-refractivity contribution is -0.131. The lowest BCUT2D eigenvalue weighted by atomic mass is 9.77. The van der Waals surface area contributed by atoms with E-state index in [4.69, 9.17) is 5.11 Å². The molecule has 0 radical (unpaired) electrons. The zero-order valence-corrected chi connectivity index (χ0v) is 11.5. The summed E-state index contributed by atoms with van der Waals surface area (Å²) in [5.74, 6) is 4.24. The third-order valence-electron chi connectivity index (χ3n) is 3.62. The molecule has 0 unspecified atom stereocenters. The van der Waals surface area contributed by atoms with Crippen molar-refractivity contribution in [2.75, 3.05) is 0 Å². The summed E-state index contributed by atoms with van der Waals surface area (Å²) < 4.78 is 0. The Morgan fingerprint density at radius 1 is 1.53 bits per heavy atom. The Balaban J connectivity index is 3.13. The van der Waals surface area contributed by atoms with Crippen LogP contribution in [0.5, 0.6) is 0 Å². The van der Waals surface area contributed by atoms with E-state index in [1.165, 1.54) is 0 Å². The van der Waals surface area contributed by atoms with Crippen molar-refractivity contribution in [2.24, 2.45) is 11.3 Å². The Kier molecular flexibility index (Phi) is 4.39. The highest BCUT2D eigenvalue weighted by molar-refractivity contribution is 5.81. The zero-order valence-electron chi connectivity index (χ0n) is 11.5. The van der Waals surface area contributed by atoms with Crippen molar-refractivity contribution in [3.8, 4) is 17.9 Å². The lowest BCUT2D eigenvalue weighted by Crippen LogP contribution is -2.42. The number of hydrogen-bond acceptors (Lipinski definition) is 3. The van der Waals surface area contributed by atoms with Gasteiger partial charge < -0.3 is 10.2 Å². The maximum Gasteiger partial charge on any atom is 0.329 e. The van der Waals surface area contributed by atoms with Gasteiger partial charge in [-0.3, -0.25) is 0 Å². The molecule has 0 aromatic rings. The smallest absolute Gasteiger partial charge is 0.329 e. The van der Waals surface area contributed by atoms with Crippen LogP contribution < -0.4 is 0 Å². The van der Waals surface area contributed by atoms with Crippen LogP contribution in [0.1, 0.15) is 40.0 Å². The average Bonchev–Trinajstić information content (AvgIpc) is 3.14. The molecule has 2 N–H and O–H groups in total. The fourth-order valence-corrected chi connectivity index (χ4v) is 2.07. The van der Waals surface area contributed by atoms with E-state index >= 15 is 0 Å². The number of nitrogens with zero attached hydrogens (tertiary/aromatic N) is 1. The van der Waals surface area contributed by atoms with Crippen molar-refractivity contribution >= 4 is 5.97 Å². The van der Waals surface area contributed by atoms with E-state index in [1.54, 1.807) is 6.92 Å². The van der Waals surface area contributed by atoms with E-state index < -0.39 is 17.0 Å². The van der Waals surface area contributed by atoms with Gasteiger partial charge in [0.2, 0.25) is 0 Å². The summed E-state index contributed by atoms with van der Waals surface area (Å²) in [4.78, 5) is 10.6. The van der Waals surface area contributed by atoms with Gasteiger partial charge >= 0.3 is 5.97 Å². The molecule has 4 nitrogen and oxygen atoms in total. The van der Waals surface area contributed by atoms with Crippen LogP contribution in [-0.4, -0.2) is 21.8 Å². The van der Waals surface area contributed by atoms with Crippen molar-refractivity contribution in [2.45, 2.75) is 45.6 Å². The van der Waals surface area contributed by atoms with Crippen molar-refractivity contribution in [3.05, 3.63) is 11.6 Å². The molecule has 102 valence electrons. The number of carboxylic acid groups (broad SMARTS) is 1. The van der Waals surface area contributed by atoms with Crippen LogP contribution in [0.15, 0.2) is 11.6 Å². The van der Waals surface area contributed by atoms with Gasteiger partial charge in [0.15, 0.2) is 0 Å². The molecular weight excluding hydrogens is 242 g/mol. The largest absolute Gasteiger partial charge is 0.478 e. The molecule has 0 bridgehead atoms. The number of hydrogen-bond donors (Lipinski definition) is 2. The van der Waals surface area contributed by atoms with Gasteiger partial charge in [0, 0.05) is 11.6 Å². The molecular formula is C15H19NO3. The quantitative estimate of drug-likeness (QED) is 0.600. The van der Waals surface area contributed by atoms with E-state index in [9.17, 15) is 15.2 Å². The van der Waals surface area contributed by atoms with E-state index in [1.807, 2.05) is 13.8 Å². The van der Waals surface area contributed by atoms with Crippen LogP contribution in [0.3, 0.4) is 0 Å². The summed E-state index contributed by atoms with van der Waals surface area (Å²) in [6, 6.07) is 2.17. The van der Waals surface area contributed by atoms with E-state index in [0.717, 1.165) is 6.08 Å². The Hall–Kier alpha value is -1.78. The number of nitriles is 1. The minimum absolute atomic E-state index is 0.190. The molecule has 1 rings (SSSR count). The van der Waals surface area contributed by atoms with Crippen LogP contribution >= 0.6 is 0 Å². The molecule has 1 fully saturated rings. The van der Waals surface area contributed by atoms with E-state index in [-0.39, 0.29) is 5.92 Å². The first kappa shape index (κ1) is 15.3. The second-order valence-corrected chi connectivity index (χ2v) is 5.23. The van der Waals surface area contributed by atoms with Gasteiger partial charge in [-0.05, 0) is 25.2 Å². The molecule has 0 spiro atoms. The number of carbonyl (C=O) groups is 1. The van der Waals surface area contributed by atoms with Gasteiger partial charge in [-0.15, -0.1) is 0 Å². The molecule has 1 saturated carbocycles. The van der Waals surface area contributed by atoms with Crippen LogP contribution in [0.25, 0.3) is 0 Å². The number of aliphatic hydroxyl groups is 1. The van der Waals surface area contributed by atoms with Crippen molar-refractivity contribution in [3.63, 3.8) is 0 Å². The summed E-state index contributed by atoms with van der Waals surface area (Å²) in [6.45, 7) is 5.44. The van der Waals surface area contributed by atoms with Crippen molar-refractivity contribution in [1.29, 1.82) is 5.26 Å². The topological polar surface area (TPSA) is 81.3 Å². The molecule has 0 aromatic heterocycles. The van der Waals surface area contributed by atoms with Gasteiger partial charge in [0.25, 0.3) is 0 Å². The highest BCUT2D eigenvalue weighted by atomic mass is 16.4. The fourth-order valence-electron chi connectivity index (χ4n) is 2.07. The van der Waals surface area contributed by atoms with Crippen molar-refractivity contribution < 1.29 is 15.0 Å². The Bertz CT molecular complexity index is 498. The summed E-state index contributed by atoms with van der Waals surface area (Å²) >= 11 is 0. The standard InChI is InChI=1S/C15H19NO3/c1-4-12(9-13(17)18)5-6-15(19,11(2)3)14(10-16)7-8-14/h9,11,19H,4,7-8H2,1-3H3,(H,17,18)/b12-9-/t15-/m1/s1. The second kappa shape index (κ2) is 5.47. The summed E-state index contributed by atoms with van der Waals surface area (Å²) in [5, 5.41) is 28.6. The Labute approximate surface area is 113 Å². The number of aliphatic carboxylic acids is 1. The van der Waals surface area contributed by atoms with Crippen LogP contribution in [0.2, 0.25) is 0 Å². The van der Waals surface area contributed by atoms with Crippen molar-refractivity contribution in [1.82, 2.24) is 0 Å². The van der Waals surface area contributed by atoms with Crippen LogP contribution in [-0.2, 0) is 4.79 Å². The molecule has 1 atom stereocenters. The molecule has 1 aliphatic rings. The van der Waals surface area contributed by atoms with Gasteiger partial charge in [-0.2, -0.15) is 5.26 Å². The minimum Gasteiger partial charge on any atom is -0.478 e. The minimum atomic E-state index is -1.38. The zero-order chi connectivity index (χ0) is 14.7. The number of carboxylic acids is 1. The van der Waals surface area contributed by atoms with Gasteiger partial charge in [-0.1, -0.05) is 32.6 Å². The third kappa shape index (κ3) is 2.97. The van der Waals surface area contributed by atoms with Crippen LogP contribution in [0.4, 0.5) is 0 Å². The maximum atomic E-state index is 10.7. The predicted octanol–water partition coefficient (Wildman–Crippen LogP) is 2.10. The Morgan fingerprint density at radius 2 is 2.11 bits per heavy atom. The van der Waals surface area contributed by atoms with E-state index in [2.05, 4.69) is 17.9 Å². The van der Waals surface area contributed by atoms with Gasteiger partial charge in [-0.25, -0.2) is 4.79 Å². The molecule has 0 aromatic carbocycles.